The number of imide groups is 1. The van der Waals surface area contributed by atoms with Gasteiger partial charge in [-0.1, -0.05) is 31.2 Å². The molecule has 9 nitrogen and oxygen atoms in total. The highest BCUT2D eigenvalue weighted by Crippen LogP contribution is 2.32. The first-order valence-electron chi connectivity index (χ1n) is 11.0. The summed E-state index contributed by atoms with van der Waals surface area (Å²) in [7, 11) is 0. The fraction of sp³-hybridized carbons (Fsp3) is 0.250. The van der Waals surface area contributed by atoms with Crippen LogP contribution in [0.4, 0.5) is 10.5 Å². The Balaban J connectivity index is 1.22. The number of amides is 3. The fourth-order valence-corrected chi connectivity index (χ4v) is 4.32. The van der Waals surface area contributed by atoms with E-state index in [1.54, 1.807) is 30.3 Å². The Bertz CT molecular complexity index is 1190. The lowest BCUT2D eigenvalue weighted by atomic mass is 10.1. The molecule has 3 aromatic rings. The summed E-state index contributed by atoms with van der Waals surface area (Å²) in [6.45, 7) is 2.38. The maximum absolute atomic E-state index is 12.6. The van der Waals surface area contributed by atoms with E-state index in [1.165, 1.54) is 10.5 Å². The van der Waals surface area contributed by atoms with Gasteiger partial charge in [0.15, 0.2) is 0 Å². The van der Waals surface area contributed by atoms with Crippen molar-refractivity contribution >= 4 is 40.6 Å². The Kier molecular flexibility index (Phi) is 7.48. The largest absolute Gasteiger partial charge is 0.326 e. The zero-order chi connectivity index (χ0) is 23.9. The Labute approximate surface area is 201 Å². The minimum Gasteiger partial charge on any atom is -0.326 e. The van der Waals surface area contributed by atoms with Gasteiger partial charge in [0.25, 0.3) is 11.1 Å². The van der Waals surface area contributed by atoms with Crippen LogP contribution < -0.4 is 5.32 Å². The highest BCUT2D eigenvalue weighted by atomic mass is 32.2. The molecule has 10 heteroatoms. The first-order chi connectivity index (χ1) is 16.5. The number of anilines is 1. The minimum atomic E-state index is -0.277. The summed E-state index contributed by atoms with van der Waals surface area (Å²) in [5.41, 5.74) is 3.57. The Morgan fingerprint density at radius 2 is 1.85 bits per heavy atom. The average Bonchev–Trinajstić information content (AvgIpc) is 3.47. The monoisotopic (exact) mass is 476 g/mol. The normalized spacial score (nSPS) is 14.7. The second-order valence-electron chi connectivity index (χ2n) is 7.75. The van der Waals surface area contributed by atoms with Gasteiger partial charge >= 0.3 is 0 Å². The molecule has 1 aromatic heterocycles. The third-order valence-corrected chi connectivity index (χ3v) is 6.27. The number of hydrogen-bond donors (Lipinski definition) is 2. The number of carbonyl (C=O) groups is 3. The molecule has 1 aliphatic rings. The molecule has 2 heterocycles. The van der Waals surface area contributed by atoms with Crippen molar-refractivity contribution in [2.24, 2.45) is 0 Å². The molecule has 2 aromatic carbocycles. The zero-order valence-electron chi connectivity index (χ0n) is 18.7. The number of H-pyrrole nitrogens is 1. The lowest BCUT2D eigenvalue weighted by molar-refractivity contribution is -0.122. The van der Waals surface area contributed by atoms with Crippen LogP contribution in [0.5, 0.6) is 0 Å². The smallest absolute Gasteiger partial charge is 0.293 e. The third-order valence-electron chi connectivity index (χ3n) is 5.37. The van der Waals surface area contributed by atoms with Crippen LogP contribution in [0.25, 0.3) is 17.5 Å². The Morgan fingerprint density at radius 1 is 1.09 bits per heavy atom. The standard InChI is InChI=1S/C24H24N6O3S/c1-2-16-6-8-17(9-7-16)15-20-23(32)30(24(33)34-20)14-4-3-5-21(31)25-19-12-10-18(11-13-19)22-26-28-29-27-22/h6-13,15H,2-5,14H2,1H3,(H,25,31)(H,26,27,28,29)/b20-15-. The molecule has 2 N–H and O–H groups in total. The Morgan fingerprint density at radius 3 is 2.53 bits per heavy atom. The summed E-state index contributed by atoms with van der Waals surface area (Å²) in [4.78, 5) is 38.9. The molecule has 0 bridgehead atoms. The van der Waals surface area contributed by atoms with E-state index in [9.17, 15) is 14.4 Å². The average molecular weight is 477 g/mol. The number of nitrogens with zero attached hydrogens (tertiary/aromatic N) is 4. The number of nitrogens with one attached hydrogen (secondary N) is 2. The predicted molar refractivity (Wildman–Crippen MR) is 131 cm³/mol. The van der Waals surface area contributed by atoms with Crippen molar-refractivity contribution in [3.63, 3.8) is 0 Å². The molecule has 0 saturated carbocycles. The van der Waals surface area contributed by atoms with Gasteiger partial charge in [-0.2, -0.15) is 5.21 Å². The van der Waals surface area contributed by atoms with Crippen molar-refractivity contribution in [1.29, 1.82) is 0 Å². The van der Waals surface area contributed by atoms with Gasteiger partial charge in [0.05, 0.1) is 4.91 Å². The van der Waals surface area contributed by atoms with E-state index in [0.717, 1.165) is 29.3 Å². The van der Waals surface area contributed by atoms with Crippen molar-refractivity contribution in [3.8, 4) is 11.4 Å². The summed E-state index contributed by atoms with van der Waals surface area (Å²) >= 11 is 0.957. The topological polar surface area (TPSA) is 121 Å². The van der Waals surface area contributed by atoms with E-state index in [4.69, 9.17) is 0 Å². The van der Waals surface area contributed by atoms with Gasteiger partial charge in [0.1, 0.15) is 0 Å². The van der Waals surface area contributed by atoms with Crippen molar-refractivity contribution in [3.05, 3.63) is 64.6 Å². The number of aromatic amines is 1. The van der Waals surface area contributed by atoms with E-state index in [-0.39, 0.29) is 17.1 Å². The van der Waals surface area contributed by atoms with Gasteiger partial charge in [0, 0.05) is 24.2 Å². The Hall–Kier alpha value is -3.79. The number of aryl methyl sites for hydroxylation is 1. The number of tetrazole rings is 1. The highest BCUT2D eigenvalue weighted by Gasteiger charge is 2.34. The van der Waals surface area contributed by atoms with Crippen molar-refractivity contribution < 1.29 is 14.4 Å². The molecule has 174 valence electrons. The van der Waals surface area contributed by atoms with E-state index in [2.05, 4.69) is 32.9 Å². The van der Waals surface area contributed by atoms with Gasteiger partial charge < -0.3 is 5.32 Å². The van der Waals surface area contributed by atoms with Crippen molar-refractivity contribution in [1.82, 2.24) is 25.5 Å². The van der Waals surface area contributed by atoms with Crippen LogP contribution >= 0.6 is 11.8 Å². The summed E-state index contributed by atoms with van der Waals surface area (Å²) in [6, 6.07) is 15.1. The van der Waals surface area contributed by atoms with Crippen LogP contribution in [0.1, 0.15) is 37.3 Å². The molecule has 1 fully saturated rings. The van der Waals surface area contributed by atoms with Gasteiger partial charge in [-0.25, -0.2) is 0 Å². The maximum Gasteiger partial charge on any atom is 0.293 e. The van der Waals surface area contributed by atoms with Gasteiger partial charge in [-0.05, 0) is 77.7 Å². The fourth-order valence-electron chi connectivity index (χ4n) is 3.46. The second-order valence-corrected chi connectivity index (χ2v) is 8.74. The summed E-state index contributed by atoms with van der Waals surface area (Å²) in [5, 5.41) is 16.3. The van der Waals surface area contributed by atoms with Crippen LogP contribution in [0.15, 0.2) is 53.4 Å². The molecular weight excluding hydrogens is 452 g/mol. The van der Waals surface area contributed by atoms with Crippen LogP contribution in [0, 0.1) is 0 Å². The van der Waals surface area contributed by atoms with Gasteiger partial charge in [0.2, 0.25) is 11.7 Å². The minimum absolute atomic E-state index is 0.128. The SMILES string of the molecule is CCc1ccc(/C=C2\SC(=O)N(CCCCC(=O)Nc3ccc(-c4nn[nH]n4)cc3)C2=O)cc1. The number of aromatic nitrogens is 4. The molecule has 0 aliphatic carbocycles. The second kappa shape index (κ2) is 10.9. The lowest BCUT2D eigenvalue weighted by Crippen LogP contribution is -2.29. The first kappa shape index (κ1) is 23.4. The zero-order valence-corrected chi connectivity index (χ0v) is 19.5. The van der Waals surface area contributed by atoms with E-state index < -0.39 is 0 Å². The van der Waals surface area contributed by atoms with Gasteiger partial charge in [-0.3, -0.25) is 19.3 Å². The number of rotatable bonds is 9. The molecule has 3 amide bonds. The maximum atomic E-state index is 12.6. The predicted octanol–water partition coefficient (Wildman–Crippen LogP) is 4.27. The number of unbranched alkanes of at least 4 members (excludes halogenated alkanes) is 1. The number of carbonyl (C=O) groups excluding carboxylic acids is 3. The summed E-state index contributed by atoms with van der Waals surface area (Å²) in [6.07, 6.45) is 4.11. The first-order valence-corrected chi connectivity index (χ1v) is 11.8. The molecule has 4 rings (SSSR count). The van der Waals surface area contributed by atoms with Crippen molar-refractivity contribution in [2.45, 2.75) is 32.6 Å². The number of benzene rings is 2. The molecular formula is C24H24N6O3S. The van der Waals surface area contributed by atoms with Crippen LogP contribution in [0.3, 0.4) is 0 Å². The molecule has 0 unspecified atom stereocenters. The summed E-state index contributed by atoms with van der Waals surface area (Å²) < 4.78 is 0. The lowest BCUT2D eigenvalue weighted by Gasteiger charge is -2.12. The number of thioether (sulfide) groups is 1. The molecule has 0 atom stereocenters. The van der Waals surface area contributed by atoms with E-state index in [0.29, 0.717) is 42.2 Å². The molecule has 1 saturated heterocycles. The van der Waals surface area contributed by atoms with Crippen LogP contribution in [-0.2, 0) is 16.0 Å². The summed E-state index contributed by atoms with van der Waals surface area (Å²) in [5.74, 6) is 0.0760. The highest BCUT2D eigenvalue weighted by molar-refractivity contribution is 8.18. The van der Waals surface area contributed by atoms with Crippen molar-refractivity contribution in [2.75, 3.05) is 11.9 Å². The van der Waals surface area contributed by atoms with E-state index in [1.807, 2.05) is 24.3 Å². The van der Waals surface area contributed by atoms with E-state index >= 15 is 0 Å². The number of hydrogen-bond acceptors (Lipinski definition) is 7. The quantitative estimate of drug-likeness (QED) is 0.349. The van der Waals surface area contributed by atoms with Crippen LogP contribution in [-0.4, -0.2) is 49.1 Å². The molecule has 1 aliphatic heterocycles. The van der Waals surface area contributed by atoms with Gasteiger partial charge in [-0.15, -0.1) is 10.2 Å². The molecule has 34 heavy (non-hydrogen) atoms. The van der Waals surface area contributed by atoms with Crippen LogP contribution in [0.2, 0.25) is 0 Å². The third kappa shape index (κ3) is 5.76. The molecule has 0 spiro atoms. The molecule has 0 radical (unpaired) electrons.